The number of nitrogen functional groups attached to an aromatic ring is 1. The number of rotatable bonds is 5. The quantitative estimate of drug-likeness (QED) is 0.787. The van der Waals surface area contributed by atoms with Gasteiger partial charge in [0.25, 0.3) is 0 Å². The van der Waals surface area contributed by atoms with Gasteiger partial charge in [-0.3, -0.25) is 5.43 Å². The van der Waals surface area contributed by atoms with Crippen LogP contribution in [0, 0.1) is 0 Å². The summed E-state index contributed by atoms with van der Waals surface area (Å²) in [5.74, 6) is 1.07. The van der Waals surface area contributed by atoms with Crippen molar-refractivity contribution in [2.24, 2.45) is 0 Å². The standard InChI is InChI=1S/C19H27N5/c1-14(2)15-3-4-18(16-5-6-22-19(20)12-16)17(11-15)13-23-24-9-7-21-8-10-24/h3-6,11-12,14,21,23H,7-10,13H2,1-2H3,(H2,20,22). The number of hydrogen-bond donors (Lipinski definition) is 3. The minimum atomic E-state index is 0.513. The van der Waals surface area contributed by atoms with Crippen LogP contribution in [0.15, 0.2) is 36.5 Å². The van der Waals surface area contributed by atoms with Crippen LogP contribution in [0.4, 0.5) is 5.82 Å². The molecule has 0 amide bonds. The Hall–Kier alpha value is -1.95. The molecular formula is C19H27N5. The van der Waals surface area contributed by atoms with E-state index in [2.05, 4.69) is 52.8 Å². The predicted octanol–water partition coefficient (Wildman–Crippen LogP) is 2.36. The average molecular weight is 325 g/mol. The van der Waals surface area contributed by atoms with Crippen molar-refractivity contribution in [1.82, 2.24) is 20.7 Å². The molecule has 4 N–H and O–H groups in total. The third-order valence-corrected chi connectivity index (χ3v) is 4.50. The van der Waals surface area contributed by atoms with E-state index in [9.17, 15) is 0 Å². The van der Waals surface area contributed by atoms with Crippen molar-refractivity contribution in [3.8, 4) is 11.1 Å². The molecule has 128 valence electrons. The van der Waals surface area contributed by atoms with E-state index in [4.69, 9.17) is 5.73 Å². The van der Waals surface area contributed by atoms with Crippen LogP contribution < -0.4 is 16.5 Å². The largest absolute Gasteiger partial charge is 0.384 e. The molecule has 0 unspecified atom stereocenters. The second-order valence-electron chi connectivity index (χ2n) is 6.61. The number of hydrazine groups is 1. The number of anilines is 1. The fourth-order valence-electron chi connectivity index (χ4n) is 3.04. The smallest absolute Gasteiger partial charge is 0.123 e. The first-order chi connectivity index (χ1) is 11.6. The molecular weight excluding hydrogens is 298 g/mol. The van der Waals surface area contributed by atoms with Gasteiger partial charge in [-0.05, 0) is 40.3 Å². The molecule has 3 rings (SSSR count). The molecule has 2 heterocycles. The van der Waals surface area contributed by atoms with E-state index in [-0.39, 0.29) is 0 Å². The first-order valence-electron chi connectivity index (χ1n) is 8.67. The van der Waals surface area contributed by atoms with Crippen LogP contribution in [0.2, 0.25) is 0 Å². The van der Waals surface area contributed by atoms with Gasteiger partial charge in [0.05, 0.1) is 0 Å². The highest BCUT2D eigenvalue weighted by Crippen LogP contribution is 2.28. The van der Waals surface area contributed by atoms with Crippen LogP contribution in [-0.4, -0.2) is 36.2 Å². The summed E-state index contributed by atoms with van der Waals surface area (Å²) < 4.78 is 0. The molecule has 1 aromatic carbocycles. The summed E-state index contributed by atoms with van der Waals surface area (Å²) in [6, 6.07) is 10.7. The molecule has 1 fully saturated rings. The summed E-state index contributed by atoms with van der Waals surface area (Å²) in [5, 5.41) is 5.67. The lowest BCUT2D eigenvalue weighted by Crippen LogP contribution is -2.49. The summed E-state index contributed by atoms with van der Waals surface area (Å²) in [6.45, 7) is 9.40. The molecule has 0 bridgehead atoms. The summed E-state index contributed by atoms with van der Waals surface area (Å²) in [4.78, 5) is 4.11. The van der Waals surface area contributed by atoms with Crippen molar-refractivity contribution >= 4 is 5.82 Å². The van der Waals surface area contributed by atoms with Gasteiger partial charge in [-0.1, -0.05) is 32.0 Å². The van der Waals surface area contributed by atoms with Gasteiger partial charge < -0.3 is 11.1 Å². The molecule has 0 radical (unpaired) electrons. The van der Waals surface area contributed by atoms with Gasteiger partial charge in [-0.2, -0.15) is 0 Å². The number of nitrogens with two attached hydrogens (primary N) is 1. The Morgan fingerprint density at radius 2 is 2.00 bits per heavy atom. The number of piperazine rings is 1. The monoisotopic (exact) mass is 325 g/mol. The third kappa shape index (κ3) is 4.12. The fourth-order valence-corrected chi connectivity index (χ4v) is 3.04. The average Bonchev–Trinajstić information content (AvgIpc) is 2.60. The molecule has 0 atom stereocenters. The highest BCUT2D eigenvalue weighted by Gasteiger charge is 2.12. The van der Waals surface area contributed by atoms with E-state index in [1.54, 1.807) is 6.20 Å². The normalized spacial score (nSPS) is 15.8. The SMILES string of the molecule is CC(C)c1ccc(-c2ccnc(N)c2)c(CNN2CCNCC2)c1. The van der Waals surface area contributed by atoms with E-state index in [0.717, 1.165) is 38.3 Å². The lowest BCUT2D eigenvalue weighted by Gasteiger charge is -2.28. The number of hydrogen-bond acceptors (Lipinski definition) is 5. The number of benzene rings is 1. The Morgan fingerprint density at radius 3 is 2.71 bits per heavy atom. The maximum absolute atomic E-state index is 5.87. The van der Waals surface area contributed by atoms with Crippen molar-refractivity contribution in [2.45, 2.75) is 26.3 Å². The maximum Gasteiger partial charge on any atom is 0.123 e. The lowest BCUT2D eigenvalue weighted by atomic mass is 9.94. The minimum Gasteiger partial charge on any atom is -0.384 e. The Kier molecular flexibility index (Phi) is 5.45. The second-order valence-corrected chi connectivity index (χ2v) is 6.61. The molecule has 2 aromatic rings. The zero-order valence-electron chi connectivity index (χ0n) is 14.5. The Bertz CT molecular complexity index is 677. The number of pyridine rings is 1. The summed E-state index contributed by atoms with van der Waals surface area (Å²) in [5.41, 5.74) is 14.4. The third-order valence-electron chi connectivity index (χ3n) is 4.50. The predicted molar refractivity (Wildman–Crippen MR) is 99.5 cm³/mol. The summed E-state index contributed by atoms with van der Waals surface area (Å²) in [6.07, 6.45) is 1.77. The van der Waals surface area contributed by atoms with Crippen molar-refractivity contribution in [2.75, 3.05) is 31.9 Å². The van der Waals surface area contributed by atoms with Crippen LogP contribution in [0.3, 0.4) is 0 Å². The molecule has 0 spiro atoms. The van der Waals surface area contributed by atoms with Crippen molar-refractivity contribution in [1.29, 1.82) is 0 Å². The van der Waals surface area contributed by atoms with Gasteiger partial charge in [0.1, 0.15) is 5.82 Å². The minimum absolute atomic E-state index is 0.513. The first-order valence-corrected chi connectivity index (χ1v) is 8.67. The van der Waals surface area contributed by atoms with E-state index in [1.165, 1.54) is 16.7 Å². The van der Waals surface area contributed by atoms with Crippen molar-refractivity contribution in [3.63, 3.8) is 0 Å². The zero-order chi connectivity index (χ0) is 16.9. The van der Waals surface area contributed by atoms with Gasteiger partial charge in [0, 0.05) is 38.9 Å². The van der Waals surface area contributed by atoms with E-state index < -0.39 is 0 Å². The Balaban J connectivity index is 1.86. The number of aromatic nitrogens is 1. The summed E-state index contributed by atoms with van der Waals surface area (Å²) >= 11 is 0. The molecule has 5 nitrogen and oxygen atoms in total. The zero-order valence-corrected chi connectivity index (χ0v) is 14.5. The molecule has 0 aliphatic carbocycles. The molecule has 0 saturated carbocycles. The first kappa shape index (κ1) is 16.9. The van der Waals surface area contributed by atoms with Crippen LogP contribution in [0.1, 0.15) is 30.9 Å². The van der Waals surface area contributed by atoms with Gasteiger partial charge in [0.15, 0.2) is 0 Å². The van der Waals surface area contributed by atoms with Crippen LogP contribution in [0.25, 0.3) is 11.1 Å². The van der Waals surface area contributed by atoms with Gasteiger partial charge in [0.2, 0.25) is 0 Å². The molecule has 5 heteroatoms. The molecule has 1 saturated heterocycles. The van der Waals surface area contributed by atoms with Crippen LogP contribution in [-0.2, 0) is 6.54 Å². The molecule has 1 aromatic heterocycles. The lowest BCUT2D eigenvalue weighted by molar-refractivity contribution is 0.161. The van der Waals surface area contributed by atoms with E-state index >= 15 is 0 Å². The van der Waals surface area contributed by atoms with Crippen molar-refractivity contribution in [3.05, 3.63) is 47.7 Å². The highest BCUT2D eigenvalue weighted by atomic mass is 15.5. The highest BCUT2D eigenvalue weighted by molar-refractivity contribution is 5.69. The number of nitrogens with zero attached hydrogens (tertiary/aromatic N) is 2. The molecule has 1 aliphatic heterocycles. The van der Waals surface area contributed by atoms with Crippen molar-refractivity contribution < 1.29 is 0 Å². The van der Waals surface area contributed by atoms with Gasteiger partial charge in [-0.15, -0.1) is 0 Å². The van der Waals surface area contributed by atoms with E-state index in [0.29, 0.717) is 11.7 Å². The summed E-state index contributed by atoms with van der Waals surface area (Å²) in [7, 11) is 0. The maximum atomic E-state index is 5.87. The van der Waals surface area contributed by atoms with Crippen LogP contribution >= 0.6 is 0 Å². The topological polar surface area (TPSA) is 66.2 Å². The van der Waals surface area contributed by atoms with Crippen LogP contribution in [0.5, 0.6) is 0 Å². The fraction of sp³-hybridized carbons (Fsp3) is 0.421. The van der Waals surface area contributed by atoms with Gasteiger partial charge in [-0.25, -0.2) is 9.99 Å². The molecule has 24 heavy (non-hydrogen) atoms. The number of nitrogens with one attached hydrogen (secondary N) is 2. The molecule has 1 aliphatic rings. The Labute approximate surface area is 144 Å². The Morgan fingerprint density at radius 1 is 1.21 bits per heavy atom. The van der Waals surface area contributed by atoms with Gasteiger partial charge >= 0.3 is 0 Å². The van der Waals surface area contributed by atoms with E-state index in [1.807, 2.05) is 12.1 Å². The second kappa shape index (κ2) is 7.75.